The number of rotatable bonds is 3. The molecule has 0 fully saturated rings. The van der Waals surface area contributed by atoms with E-state index in [1.54, 1.807) is 0 Å². The van der Waals surface area contributed by atoms with Crippen molar-refractivity contribution in [3.63, 3.8) is 0 Å². The molecule has 2 nitrogen and oxygen atoms in total. The molecule has 0 N–H and O–H groups in total. The van der Waals surface area contributed by atoms with E-state index in [0.717, 1.165) is 6.42 Å². The highest BCUT2D eigenvalue weighted by Gasteiger charge is 2.10. The first-order valence-corrected chi connectivity index (χ1v) is 5.13. The Balaban J connectivity index is 3.04. The molecule has 0 radical (unpaired) electrons. The van der Waals surface area contributed by atoms with E-state index in [2.05, 4.69) is 50.4 Å². The van der Waals surface area contributed by atoms with E-state index in [4.69, 9.17) is 0 Å². The summed E-state index contributed by atoms with van der Waals surface area (Å²) in [5, 5.41) is 0. The molecule has 1 rings (SSSR count). The van der Waals surface area contributed by atoms with Gasteiger partial charge in [-0.05, 0) is 19.8 Å². The van der Waals surface area contributed by atoms with Crippen molar-refractivity contribution in [1.82, 2.24) is 9.55 Å². The Morgan fingerprint density at radius 1 is 1.31 bits per heavy atom. The second-order valence-corrected chi connectivity index (χ2v) is 4.09. The molecule has 13 heavy (non-hydrogen) atoms. The number of imidazole rings is 1. The van der Waals surface area contributed by atoms with E-state index in [0.29, 0.717) is 12.0 Å². The van der Waals surface area contributed by atoms with Gasteiger partial charge in [-0.1, -0.05) is 20.8 Å². The van der Waals surface area contributed by atoms with Crippen molar-refractivity contribution >= 4 is 0 Å². The van der Waals surface area contributed by atoms with Crippen LogP contribution in [-0.4, -0.2) is 9.55 Å². The summed E-state index contributed by atoms with van der Waals surface area (Å²) in [6.45, 7) is 10.9. The van der Waals surface area contributed by atoms with E-state index in [-0.39, 0.29) is 0 Å². The lowest BCUT2D eigenvalue weighted by atomic mass is 10.2. The van der Waals surface area contributed by atoms with Crippen molar-refractivity contribution in [1.29, 1.82) is 0 Å². The minimum absolute atomic E-state index is 0.523. The highest BCUT2D eigenvalue weighted by Crippen LogP contribution is 2.17. The third-order valence-electron chi connectivity index (χ3n) is 2.29. The topological polar surface area (TPSA) is 17.8 Å². The molecule has 0 aromatic carbocycles. The van der Waals surface area contributed by atoms with E-state index in [1.807, 2.05) is 0 Å². The lowest BCUT2D eigenvalue weighted by Crippen LogP contribution is -2.03. The standard InChI is InChI=1S/C11H20N2/c1-6-11-12-10(8(2)3)7-13(11)9(4)5/h7-9H,6H2,1-5H3. The number of hydrogen-bond donors (Lipinski definition) is 0. The van der Waals surface area contributed by atoms with Gasteiger partial charge in [0.25, 0.3) is 0 Å². The van der Waals surface area contributed by atoms with Gasteiger partial charge >= 0.3 is 0 Å². The summed E-state index contributed by atoms with van der Waals surface area (Å²) in [6.07, 6.45) is 3.21. The summed E-state index contributed by atoms with van der Waals surface area (Å²) in [4.78, 5) is 4.61. The highest BCUT2D eigenvalue weighted by atomic mass is 15.1. The van der Waals surface area contributed by atoms with Crippen LogP contribution in [0.25, 0.3) is 0 Å². The minimum atomic E-state index is 0.523. The molecule has 0 bridgehead atoms. The van der Waals surface area contributed by atoms with Crippen LogP contribution in [0.3, 0.4) is 0 Å². The molecule has 0 spiro atoms. The number of aromatic nitrogens is 2. The molecule has 0 unspecified atom stereocenters. The summed E-state index contributed by atoms with van der Waals surface area (Å²) in [6, 6.07) is 0.523. The van der Waals surface area contributed by atoms with Crippen molar-refractivity contribution in [2.24, 2.45) is 0 Å². The molecule has 0 saturated carbocycles. The fourth-order valence-electron chi connectivity index (χ4n) is 1.44. The molecule has 1 heterocycles. The average molecular weight is 180 g/mol. The second kappa shape index (κ2) is 3.95. The van der Waals surface area contributed by atoms with E-state index in [1.165, 1.54) is 11.5 Å². The Morgan fingerprint density at radius 2 is 1.92 bits per heavy atom. The molecule has 0 aliphatic carbocycles. The first kappa shape index (κ1) is 10.3. The Bertz CT molecular complexity index is 272. The monoisotopic (exact) mass is 180 g/mol. The van der Waals surface area contributed by atoms with Crippen LogP contribution >= 0.6 is 0 Å². The Kier molecular flexibility index (Phi) is 3.12. The zero-order chi connectivity index (χ0) is 10.0. The van der Waals surface area contributed by atoms with Crippen molar-refractivity contribution in [3.05, 3.63) is 17.7 Å². The van der Waals surface area contributed by atoms with Crippen LogP contribution in [0.4, 0.5) is 0 Å². The third-order valence-corrected chi connectivity index (χ3v) is 2.29. The van der Waals surface area contributed by atoms with Crippen LogP contribution in [0.5, 0.6) is 0 Å². The van der Waals surface area contributed by atoms with Gasteiger partial charge in [0.1, 0.15) is 5.82 Å². The van der Waals surface area contributed by atoms with Gasteiger partial charge in [0.2, 0.25) is 0 Å². The molecule has 1 aromatic heterocycles. The molecule has 1 aromatic rings. The first-order valence-electron chi connectivity index (χ1n) is 5.13. The highest BCUT2D eigenvalue weighted by molar-refractivity contribution is 5.09. The summed E-state index contributed by atoms with van der Waals surface area (Å²) >= 11 is 0. The van der Waals surface area contributed by atoms with Crippen molar-refractivity contribution in [2.45, 2.75) is 53.0 Å². The van der Waals surface area contributed by atoms with Crippen LogP contribution in [-0.2, 0) is 6.42 Å². The summed E-state index contributed by atoms with van der Waals surface area (Å²) in [5.74, 6) is 1.74. The van der Waals surface area contributed by atoms with Crippen LogP contribution in [0, 0.1) is 0 Å². The Labute approximate surface area is 81.0 Å². The maximum absolute atomic E-state index is 4.61. The molecule has 0 atom stereocenters. The molecule has 0 aliphatic heterocycles. The molecular formula is C11H20N2. The molecule has 74 valence electrons. The fourth-order valence-corrected chi connectivity index (χ4v) is 1.44. The molecule has 0 aliphatic rings. The first-order chi connectivity index (χ1) is 6.06. The largest absolute Gasteiger partial charge is 0.332 e. The summed E-state index contributed by atoms with van der Waals surface area (Å²) in [7, 11) is 0. The van der Waals surface area contributed by atoms with Gasteiger partial charge in [-0.25, -0.2) is 4.98 Å². The predicted octanol–water partition coefficient (Wildman–Crippen LogP) is 3.15. The lowest BCUT2D eigenvalue weighted by molar-refractivity contribution is 0.571. The summed E-state index contributed by atoms with van der Waals surface area (Å²) in [5.41, 5.74) is 1.21. The van der Waals surface area contributed by atoms with Gasteiger partial charge in [-0.3, -0.25) is 0 Å². The minimum Gasteiger partial charge on any atom is -0.332 e. The van der Waals surface area contributed by atoms with Gasteiger partial charge in [0, 0.05) is 18.7 Å². The summed E-state index contributed by atoms with van der Waals surface area (Å²) < 4.78 is 2.27. The van der Waals surface area contributed by atoms with Gasteiger partial charge < -0.3 is 4.57 Å². The van der Waals surface area contributed by atoms with Gasteiger partial charge in [0.05, 0.1) is 5.69 Å². The van der Waals surface area contributed by atoms with Crippen molar-refractivity contribution in [2.75, 3.05) is 0 Å². The van der Waals surface area contributed by atoms with Crippen LogP contribution in [0.15, 0.2) is 6.20 Å². The number of nitrogens with zero attached hydrogens (tertiary/aromatic N) is 2. The maximum atomic E-state index is 4.61. The predicted molar refractivity (Wildman–Crippen MR) is 56.1 cm³/mol. The fraction of sp³-hybridized carbons (Fsp3) is 0.727. The third kappa shape index (κ3) is 2.11. The van der Waals surface area contributed by atoms with Gasteiger partial charge in [0.15, 0.2) is 0 Å². The Hall–Kier alpha value is -0.790. The SMILES string of the molecule is CCc1nc(C(C)C)cn1C(C)C. The molecule has 0 amide bonds. The molecular weight excluding hydrogens is 160 g/mol. The zero-order valence-corrected chi connectivity index (χ0v) is 9.33. The van der Waals surface area contributed by atoms with Crippen LogP contribution < -0.4 is 0 Å². The zero-order valence-electron chi connectivity index (χ0n) is 9.33. The van der Waals surface area contributed by atoms with E-state index < -0.39 is 0 Å². The molecule has 0 saturated heterocycles. The number of hydrogen-bond acceptors (Lipinski definition) is 1. The smallest absolute Gasteiger partial charge is 0.108 e. The van der Waals surface area contributed by atoms with E-state index >= 15 is 0 Å². The van der Waals surface area contributed by atoms with Crippen molar-refractivity contribution in [3.8, 4) is 0 Å². The van der Waals surface area contributed by atoms with Gasteiger partial charge in [-0.15, -0.1) is 0 Å². The van der Waals surface area contributed by atoms with Crippen LogP contribution in [0.2, 0.25) is 0 Å². The van der Waals surface area contributed by atoms with Crippen LogP contribution in [0.1, 0.15) is 58.1 Å². The second-order valence-electron chi connectivity index (χ2n) is 4.09. The maximum Gasteiger partial charge on any atom is 0.108 e. The normalized spacial score (nSPS) is 11.6. The quantitative estimate of drug-likeness (QED) is 0.698. The number of aryl methyl sites for hydroxylation is 1. The lowest BCUT2D eigenvalue weighted by Gasteiger charge is -2.09. The molecule has 2 heteroatoms. The van der Waals surface area contributed by atoms with E-state index in [9.17, 15) is 0 Å². The van der Waals surface area contributed by atoms with Crippen molar-refractivity contribution < 1.29 is 0 Å². The Morgan fingerprint density at radius 3 is 2.23 bits per heavy atom. The average Bonchev–Trinajstić information content (AvgIpc) is 2.47. The van der Waals surface area contributed by atoms with Gasteiger partial charge in [-0.2, -0.15) is 0 Å².